The van der Waals surface area contributed by atoms with Crippen molar-refractivity contribution in [2.45, 2.75) is 25.8 Å². The van der Waals surface area contributed by atoms with Crippen LogP contribution in [0.1, 0.15) is 22.6 Å². The molecule has 3 aromatic rings. The third-order valence-corrected chi connectivity index (χ3v) is 7.43. The number of nitrogens with zero attached hydrogens (tertiary/aromatic N) is 2. The molecule has 0 aliphatic heterocycles. The number of carbonyl (C=O) groups excluding carboxylic acids is 1. The first-order chi connectivity index (χ1) is 17.4. The molecule has 1 heterocycles. The van der Waals surface area contributed by atoms with Gasteiger partial charge >= 0.3 is 5.97 Å². The van der Waals surface area contributed by atoms with Crippen molar-refractivity contribution in [1.29, 1.82) is 0 Å². The second-order valence-electron chi connectivity index (χ2n) is 10.4. The second-order valence-corrected chi connectivity index (χ2v) is 11.5. The molecule has 198 valence electrons. The molecule has 0 atom stereocenters. The van der Waals surface area contributed by atoms with Crippen LogP contribution in [0, 0.1) is 17.0 Å². The Kier molecular flexibility index (Phi) is 7.38. The van der Waals surface area contributed by atoms with Crippen LogP contribution in [-0.4, -0.2) is 67.9 Å². The number of hydrogen-bond donors (Lipinski definition) is 2. The van der Waals surface area contributed by atoms with Gasteiger partial charge in [-0.25, -0.2) is 13.8 Å². The van der Waals surface area contributed by atoms with Crippen LogP contribution in [0.4, 0.5) is 8.78 Å². The molecule has 0 bridgehead atoms. The summed E-state index contributed by atoms with van der Waals surface area (Å²) in [5, 5.41) is 12.9. The molecule has 1 aliphatic rings. The van der Waals surface area contributed by atoms with Gasteiger partial charge in [0.25, 0.3) is 0 Å². The van der Waals surface area contributed by atoms with E-state index in [1.165, 1.54) is 11.3 Å². The molecule has 0 fully saturated rings. The molecule has 0 radical (unpaired) electrons. The lowest BCUT2D eigenvalue weighted by molar-refractivity contribution is -0.870. The molecular weight excluding hydrogens is 504 g/mol. The molecule has 2 N–H and O–H groups in total. The van der Waals surface area contributed by atoms with Gasteiger partial charge in [0.1, 0.15) is 18.2 Å². The molecule has 37 heavy (non-hydrogen) atoms. The fraction of sp³-hybridized carbons (Fsp3) is 0.423. The quantitative estimate of drug-likeness (QED) is 0.386. The van der Waals surface area contributed by atoms with Crippen molar-refractivity contribution in [3.63, 3.8) is 0 Å². The number of aliphatic carboxylic acids is 1. The lowest BCUT2D eigenvalue weighted by Crippen LogP contribution is -2.43. The molecule has 1 aliphatic carbocycles. The van der Waals surface area contributed by atoms with Crippen LogP contribution in [0.15, 0.2) is 24.3 Å². The molecule has 2 aromatic carbocycles. The number of benzene rings is 2. The fourth-order valence-electron chi connectivity index (χ4n) is 4.51. The number of quaternary nitrogens is 1. The summed E-state index contributed by atoms with van der Waals surface area (Å²) in [7, 11) is 7.79. The Balaban J connectivity index is 1.50. The summed E-state index contributed by atoms with van der Waals surface area (Å²) in [6.45, 7) is 1.38. The van der Waals surface area contributed by atoms with Crippen molar-refractivity contribution in [2.75, 3.05) is 41.4 Å². The van der Waals surface area contributed by atoms with Gasteiger partial charge in [-0.1, -0.05) is 0 Å². The van der Waals surface area contributed by atoms with Crippen molar-refractivity contribution < 1.29 is 37.4 Å². The molecule has 0 saturated carbocycles. The summed E-state index contributed by atoms with van der Waals surface area (Å²) >= 11 is 1.37. The highest BCUT2D eigenvalue weighted by Gasteiger charge is 2.46. The van der Waals surface area contributed by atoms with E-state index in [4.69, 9.17) is 9.47 Å². The van der Waals surface area contributed by atoms with Gasteiger partial charge in [0.2, 0.25) is 5.91 Å². The predicted molar refractivity (Wildman–Crippen MR) is 135 cm³/mol. The van der Waals surface area contributed by atoms with Crippen molar-refractivity contribution >= 4 is 33.4 Å². The number of carboxylic acids is 1. The van der Waals surface area contributed by atoms with Crippen molar-refractivity contribution in [3.8, 4) is 11.5 Å². The van der Waals surface area contributed by atoms with Crippen LogP contribution in [0.3, 0.4) is 0 Å². The van der Waals surface area contributed by atoms with Gasteiger partial charge in [-0.2, -0.15) is 0 Å². The summed E-state index contributed by atoms with van der Waals surface area (Å²) in [6.07, 6.45) is -0.423. The predicted octanol–water partition coefficient (Wildman–Crippen LogP) is 3.54. The van der Waals surface area contributed by atoms with E-state index in [-0.39, 0.29) is 19.4 Å². The number of rotatable bonds is 10. The topological polar surface area (TPSA) is 97.8 Å². The van der Waals surface area contributed by atoms with E-state index in [0.717, 1.165) is 27.9 Å². The van der Waals surface area contributed by atoms with Crippen molar-refractivity contribution in [3.05, 3.63) is 52.0 Å². The normalized spacial score (nSPS) is 14.4. The van der Waals surface area contributed by atoms with E-state index in [9.17, 15) is 23.5 Å². The molecule has 1 amide bonds. The number of carbonyl (C=O) groups is 2. The minimum Gasteiger partial charge on any atom is -0.493 e. The largest absolute Gasteiger partial charge is 0.493 e. The maximum atomic E-state index is 13.7. The summed E-state index contributed by atoms with van der Waals surface area (Å²) in [5.74, 6) is -2.53. The van der Waals surface area contributed by atoms with Gasteiger partial charge in [-0.15, -0.1) is 11.3 Å². The van der Waals surface area contributed by atoms with E-state index >= 15 is 0 Å². The summed E-state index contributed by atoms with van der Waals surface area (Å²) in [6, 6.07) is 5.72. The highest BCUT2D eigenvalue weighted by Crippen LogP contribution is 2.41. The zero-order valence-electron chi connectivity index (χ0n) is 21.2. The molecule has 1 aromatic heterocycles. The Labute approximate surface area is 217 Å². The number of halogens is 2. The van der Waals surface area contributed by atoms with Gasteiger partial charge in [-0.05, 0) is 36.1 Å². The minimum absolute atomic E-state index is 0.0166. The number of methoxy groups -OCH3 is 1. The van der Waals surface area contributed by atoms with Crippen LogP contribution in [0.5, 0.6) is 11.5 Å². The Morgan fingerprint density at radius 3 is 2.32 bits per heavy atom. The molecule has 0 spiro atoms. The molecule has 11 heteroatoms. The van der Waals surface area contributed by atoms with Crippen LogP contribution in [0.25, 0.3) is 10.2 Å². The minimum atomic E-state index is -1.33. The lowest BCUT2D eigenvalue weighted by Gasteiger charge is -2.25. The Morgan fingerprint density at radius 1 is 1.11 bits per heavy atom. The van der Waals surface area contributed by atoms with E-state index < -0.39 is 35.3 Å². The lowest BCUT2D eigenvalue weighted by atomic mass is 9.80. The smallest absolute Gasteiger partial charge is 0.304 e. The van der Waals surface area contributed by atoms with E-state index in [2.05, 4.69) is 31.4 Å². The van der Waals surface area contributed by atoms with Crippen LogP contribution < -0.4 is 14.8 Å². The van der Waals surface area contributed by atoms with E-state index in [0.29, 0.717) is 39.8 Å². The van der Waals surface area contributed by atoms with E-state index in [1.54, 1.807) is 13.2 Å². The van der Waals surface area contributed by atoms with Crippen molar-refractivity contribution in [1.82, 2.24) is 10.3 Å². The highest BCUT2D eigenvalue weighted by atomic mass is 32.1. The number of hydrogen-bond acceptors (Lipinski definition) is 6. The number of amides is 1. The second kappa shape index (κ2) is 10.2. The average molecular weight is 535 g/mol. The van der Waals surface area contributed by atoms with Crippen molar-refractivity contribution in [2.24, 2.45) is 5.41 Å². The highest BCUT2D eigenvalue weighted by molar-refractivity contribution is 7.18. The number of thiazole rings is 1. The number of aromatic nitrogens is 1. The zero-order valence-corrected chi connectivity index (χ0v) is 22.0. The van der Waals surface area contributed by atoms with Crippen LogP contribution in [-0.2, 0) is 29.0 Å². The standard InChI is InChI=1S/C26H29F2N3O5S/c1-31(2,3)5-6-36-21-9-19-22(10-20(21)35-4)37-23(30-19)14-29-25(34)26(13-24(32)33)11-15-7-17(27)18(28)8-16(15)12-26/h7-10H,5-6,11-14H2,1-4H3,(H-,29,32,33,34)/p+1. The van der Waals surface area contributed by atoms with Gasteiger partial charge in [0, 0.05) is 12.1 Å². The number of likely N-dealkylation sites (N-methyl/N-ethyl adjacent to an activating group) is 1. The first-order valence-electron chi connectivity index (χ1n) is 11.8. The molecule has 4 rings (SSSR count). The molecule has 0 saturated heterocycles. The first kappa shape index (κ1) is 26.7. The Bertz CT molecular complexity index is 1320. The Morgan fingerprint density at radius 2 is 1.76 bits per heavy atom. The molecule has 0 unspecified atom stereocenters. The third-order valence-electron chi connectivity index (χ3n) is 6.41. The van der Waals surface area contributed by atoms with Gasteiger partial charge in [-0.3, -0.25) is 9.59 Å². The van der Waals surface area contributed by atoms with Crippen LogP contribution in [0.2, 0.25) is 0 Å². The summed E-state index contributed by atoms with van der Waals surface area (Å²) < 4.78 is 40.5. The number of carboxylic acid groups (broad SMARTS) is 1. The van der Waals surface area contributed by atoms with Crippen LogP contribution >= 0.6 is 11.3 Å². The SMILES string of the molecule is COc1cc2sc(CNC(=O)C3(CC(=O)O)Cc4cc(F)c(F)cc4C3)nc2cc1OCC[N+](C)(C)C. The summed E-state index contributed by atoms with van der Waals surface area (Å²) in [4.78, 5) is 29.5. The fourth-order valence-corrected chi connectivity index (χ4v) is 5.43. The average Bonchev–Trinajstić information content (AvgIpc) is 3.36. The summed E-state index contributed by atoms with van der Waals surface area (Å²) in [5.41, 5.74) is 0.246. The third kappa shape index (κ3) is 5.99. The van der Waals surface area contributed by atoms with Gasteiger partial charge in [0.05, 0.1) is 56.9 Å². The zero-order chi connectivity index (χ0) is 27.0. The number of nitrogens with one attached hydrogen (secondary N) is 1. The maximum Gasteiger partial charge on any atom is 0.304 e. The number of fused-ring (bicyclic) bond motifs is 2. The van der Waals surface area contributed by atoms with Gasteiger partial charge in [0.15, 0.2) is 23.1 Å². The molecule has 8 nitrogen and oxygen atoms in total. The Hall–Kier alpha value is -3.31. The maximum absolute atomic E-state index is 13.7. The van der Waals surface area contributed by atoms with E-state index in [1.807, 2.05) is 6.07 Å². The first-order valence-corrected chi connectivity index (χ1v) is 12.6. The number of ether oxygens (including phenoxy) is 2. The van der Waals surface area contributed by atoms with Gasteiger partial charge < -0.3 is 24.4 Å². The molecular formula is C26H30F2N3O5S+. The monoisotopic (exact) mass is 534 g/mol.